The fourth-order valence-corrected chi connectivity index (χ4v) is 0.820. The van der Waals surface area contributed by atoms with E-state index in [0.717, 1.165) is 18.6 Å². The van der Waals surface area contributed by atoms with Gasteiger partial charge in [-0.2, -0.15) is 0 Å². The molecule has 0 saturated heterocycles. The maximum atomic E-state index is 11.0. The van der Waals surface area contributed by atoms with Crippen molar-refractivity contribution in [2.75, 3.05) is 13.2 Å². The van der Waals surface area contributed by atoms with Crippen LogP contribution in [0.15, 0.2) is 12.2 Å². The molecule has 3 N–H and O–H groups in total. The lowest BCUT2D eigenvalue weighted by molar-refractivity contribution is -0.117. The molecule has 5 heteroatoms. The van der Waals surface area contributed by atoms with Gasteiger partial charge in [0.2, 0.25) is 11.8 Å². The van der Waals surface area contributed by atoms with Gasteiger partial charge in [-0.1, -0.05) is 0 Å². The second kappa shape index (κ2) is 7.99. The minimum atomic E-state index is -0.631. The largest absolute Gasteiger partial charge is 0.379 e. The van der Waals surface area contributed by atoms with Crippen molar-refractivity contribution < 1.29 is 14.3 Å². The molecule has 2 amide bonds. The molecule has 0 aromatic carbocycles. The van der Waals surface area contributed by atoms with E-state index in [1.54, 1.807) is 0 Å². The van der Waals surface area contributed by atoms with Crippen LogP contribution >= 0.6 is 0 Å². The quantitative estimate of drug-likeness (QED) is 0.461. The number of primary amides is 1. The third kappa shape index (κ3) is 10.6. The molecule has 0 unspecified atom stereocenters. The van der Waals surface area contributed by atoms with E-state index < -0.39 is 5.91 Å². The summed E-state index contributed by atoms with van der Waals surface area (Å²) in [6.45, 7) is 5.04. The summed E-state index contributed by atoms with van der Waals surface area (Å²) in [5.74, 6) is -0.952. The number of nitrogens with two attached hydrogens (primary N) is 1. The van der Waals surface area contributed by atoms with Crippen LogP contribution < -0.4 is 11.1 Å². The standard InChI is InChI=1S/C10H18N2O3/c1-8(2)15-7-3-6-12-10(14)5-4-9(11)13/h4-5,8H,3,6-7H2,1-2H3,(H2,11,13)(H,12,14)/b5-4-. The van der Waals surface area contributed by atoms with Gasteiger partial charge in [0.05, 0.1) is 6.10 Å². The second-order valence-corrected chi connectivity index (χ2v) is 3.30. The fourth-order valence-electron chi connectivity index (χ4n) is 0.820. The lowest BCUT2D eigenvalue weighted by Crippen LogP contribution is -2.24. The molecule has 0 aromatic heterocycles. The number of nitrogens with one attached hydrogen (secondary N) is 1. The molecule has 0 heterocycles. The Morgan fingerprint density at radius 3 is 2.60 bits per heavy atom. The summed E-state index contributed by atoms with van der Waals surface area (Å²) < 4.78 is 5.28. The Morgan fingerprint density at radius 2 is 2.07 bits per heavy atom. The molecule has 0 radical (unpaired) electrons. The average Bonchev–Trinajstić information content (AvgIpc) is 2.13. The van der Waals surface area contributed by atoms with Gasteiger partial charge in [-0.3, -0.25) is 9.59 Å². The molecule has 0 spiro atoms. The first-order chi connectivity index (χ1) is 7.02. The van der Waals surface area contributed by atoms with E-state index >= 15 is 0 Å². The highest BCUT2D eigenvalue weighted by Crippen LogP contribution is 1.89. The summed E-state index contributed by atoms with van der Waals surface area (Å²) in [5.41, 5.74) is 4.82. The fraction of sp³-hybridized carbons (Fsp3) is 0.600. The van der Waals surface area contributed by atoms with Crippen LogP contribution in [0.1, 0.15) is 20.3 Å². The van der Waals surface area contributed by atoms with Crippen molar-refractivity contribution in [3.63, 3.8) is 0 Å². The first-order valence-electron chi connectivity index (χ1n) is 4.89. The molecule has 0 aliphatic carbocycles. The van der Waals surface area contributed by atoms with E-state index in [-0.39, 0.29) is 12.0 Å². The van der Waals surface area contributed by atoms with Crippen molar-refractivity contribution in [1.29, 1.82) is 0 Å². The predicted molar refractivity (Wildman–Crippen MR) is 57.0 cm³/mol. The van der Waals surface area contributed by atoms with Crippen molar-refractivity contribution in [3.05, 3.63) is 12.2 Å². The van der Waals surface area contributed by atoms with Gasteiger partial charge in [-0.05, 0) is 20.3 Å². The highest BCUT2D eigenvalue weighted by atomic mass is 16.5. The molecule has 0 aromatic rings. The summed E-state index contributed by atoms with van der Waals surface area (Å²) in [4.78, 5) is 21.3. The first kappa shape index (κ1) is 13.6. The summed E-state index contributed by atoms with van der Waals surface area (Å²) in [7, 11) is 0. The summed E-state index contributed by atoms with van der Waals surface area (Å²) >= 11 is 0. The smallest absolute Gasteiger partial charge is 0.244 e. The Hall–Kier alpha value is -1.36. The number of hydrogen-bond donors (Lipinski definition) is 2. The highest BCUT2D eigenvalue weighted by Gasteiger charge is 1.96. The molecule has 0 fully saturated rings. The molecule has 15 heavy (non-hydrogen) atoms. The number of carbonyl (C=O) groups is 2. The summed E-state index contributed by atoms with van der Waals surface area (Å²) in [6.07, 6.45) is 3.09. The third-order valence-electron chi connectivity index (χ3n) is 1.47. The first-order valence-corrected chi connectivity index (χ1v) is 4.89. The molecule has 86 valence electrons. The minimum Gasteiger partial charge on any atom is -0.379 e. The number of hydrogen-bond acceptors (Lipinski definition) is 3. The molecule has 0 saturated carbocycles. The highest BCUT2D eigenvalue weighted by molar-refractivity contribution is 5.95. The zero-order valence-electron chi connectivity index (χ0n) is 9.16. The Morgan fingerprint density at radius 1 is 1.40 bits per heavy atom. The van der Waals surface area contributed by atoms with E-state index in [1.807, 2.05) is 13.8 Å². The summed E-state index contributed by atoms with van der Waals surface area (Å²) in [5, 5.41) is 2.60. The lowest BCUT2D eigenvalue weighted by Gasteiger charge is -2.06. The minimum absolute atomic E-state index is 0.204. The van der Waals surface area contributed by atoms with Gasteiger partial charge in [0, 0.05) is 25.3 Å². The van der Waals surface area contributed by atoms with Crippen LogP contribution in [0.2, 0.25) is 0 Å². The maximum Gasteiger partial charge on any atom is 0.244 e. The van der Waals surface area contributed by atoms with Gasteiger partial charge >= 0.3 is 0 Å². The van der Waals surface area contributed by atoms with Gasteiger partial charge in [0.1, 0.15) is 0 Å². The molecule has 0 aliphatic heterocycles. The zero-order valence-corrected chi connectivity index (χ0v) is 9.16. The molecular formula is C10H18N2O3. The van der Waals surface area contributed by atoms with E-state index in [9.17, 15) is 9.59 Å². The van der Waals surface area contributed by atoms with Gasteiger partial charge in [0.25, 0.3) is 0 Å². The average molecular weight is 214 g/mol. The number of amides is 2. The molecule has 0 rings (SSSR count). The van der Waals surface area contributed by atoms with Gasteiger partial charge in [-0.15, -0.1) is 0 Å². The van der Waals surface area contributed by atoms with Crippen LogP contribution in [0.4, 0.5) is 0 Å². The van der Waals surface area contributed by atoms with Crippen LogP contribution in [-0.2, 0) is 14.3 Å². The lowest BCUT2D eigenvalue weighted by atomic mass is 10.4. The van der Waals surface area contributed by atoms with Crippen molar-refractivity contribution >= 4 is 11.8 Å². The Labute approximate surface area is 89.7 Å². The topological polar surface area (TPSA) is 81.4 Å². The second-order valence-electron chi connectivity index (χ2n) is 3.30. The van der Waals surface area contributed by atoms with Crippen molar-refractivity contribution in [1.82, 2.24) is 5.32 Å². The van der Waals surface area contributed by atoms with Crippen LogP contribution in [0.3, 0.4) is 0 Å². The SMILES string of the molecule is CC(C)OCCCNC(=O)/C=C\C(N)=O. The van der Waals surface area contributed by atoms with E-state index in [1.165, 1.54) is 0 Å². The van der Waals surface area contributed by atoms with Gasteiger partial charge < -0.3 is 15.8 Å². The summed E-state index contributed by atoms with van der Waals surface area (Å²) in [6, 6.07) is 0. The Kier molecular flexibility index (Phi) is 7.27. The van der Waals surface area contributed by atoms with Gasteiger partial charge in [0.15, 0.2) is 0 Å². The normalized spacial score (nSPS) is 10.9. The molecule has 5 nitrogen and oxygen atoms in total. The van der Waals surface area contributed by atoms with Crippen LogP contribution in [0.25, 0.3) is 0 Å². The van der Waals surface area contributed by atoms with Crippen molar-refractivity contribution in [2.45, 2.75) is 26.4 Å². The monoisotopic (exact) mass is 214 g/mol. The number of ether oxygens (including phenoxy) is 1. The molecule has 0 bridgehead atoms. The number of rotatable bonds is 7. The van der Waals surface area contributed by atoms with Crippen molar-refractivity contribution in [3.8, 4) is 0 Å². The van der Waals surface area contributed by atoms with E-state index in [0.29, 0.717) is 13.2 Å². The Bertz CT molecular complexity index is 237. The number of carbonyl (C=O) groups excluding carboxylic acids is 2. The maximum absolute atomic E-state index is 11.0. The zero-order chi connectivity index (χ0) is 11.7. The van der Waals surface area contributed by atoms with Crippen LogP contribution in [-0.4, -0.2) is 31.1 Å². The van der Waals surface area contributed by atoms with Gasteiger partial charge in [-0.25, -0.2) is 0 Å². The van der Waals surface area contributed by atoms with Crippen LogP contribution in [0.5, 0.6) is 0 Å². The molecule has 0 atom stereocenters. The predicted octanol–water partition coefficient (Wildman–Crippen LogP) is -0.0408. The van der Waals surface area contributed by atoms with E-state index in [2.05, 4.69) is 5.32 Å². The molecule has 0 aliphatic rings. The van der Waals surface area contributed by atoms with Crippen LogP contribution in [0, 0.1) is 0 Å². The van der Waals surface area contributed by atoms with E-state index in [4.69, 9.17) is 10.5 Å². The molecular weight excluding hydrogens is 196 g/mol. The van der Waals surface area contributed by atoms with Crippen molar-refractivity contribution in [2.24, 2.45) is 5.73 Å². The Balaban J connectivity index is 3.43. The third-order valence-corrected chi connectivity index (χ3v) is 1.47.